The second-order valence-corrected chi connectivity index (χ2v) is 6.17. The van der Waals surface area contributed by atoms with Gasteiger partial charge in [-0.2, -0.15) is 0 Å². The van der Waals surface area contributed by atoms with Gasteiger partial charge >= 0.3 is 0 Å². The molecule has 2 aromatic rings. The zero-order valence-corrected chi connectivity index (χ0v) is 15.3. The molecule has 4 nitrogen and oxygen atoms in total. The van der Waals surface area contributed by atoms with Crippen LogP contribution in [0.3, 0.4) is 0 Å². The van der Waals surface area contributed by atoms with Gasteiger partial charge < -0.3 is 10.1 Å². The van der Waals surface area contributed by atoms with Crippen LogP contribution in [0.25, 0.3) is 0 Å². The highest BCUT2D eigenvalue weighted by molar-refractivity contribution is 5.78. The molecule has 0 saturated heterocycles. The summed E-state index contributed by atoms with van der Waals surface area (Å²) < 4.78 is 18.7. The third kappa shape index (κ3) is 6.01. The van der Waals surface area contributed by atoms with Gasteiger partial charge in [-0.25, -0.2) is 4.39 Å². The molecule has 0 saturated carbocycles. The molecule has 138 valence electrons. The highest BCUT2D eigenvalue weighted by atomic mass is 19.1. The molecule has 0 spiro atoms. The topological polar surface area (TPSA) is 41.6 Å². The van der Waals surface area contributed by atoms with Crippen molar-refractivity contribution in [3.8, 4) is 5.75 Å². The number of hydrogen-bond acceptors (Lipinski definition) is 3. The number of halogens is 1. The minimum absolute atomic E-state index is 0.110. The standard InChI is InChI=1S/C21H25FN2O2/c1-4-11-24(14-17-7-9-19(26-3)10-8-17)15-21(25)23-13-18-6-5-16(2)20(22)12-18/h4-10,12H,1,11,13-15H2,2-3H3,(H,23,25). The fourth-order valence-corrected chi connectivity index (χ4v) is 2.56. The van der Waals surface area contributed by atoms with E-state index in [1.165, 1.54) is 6.07 Å². The molecule has 5 heteroatoms. The Bertz CT molecular complexity index is 744. The van der Waals surface area contributed by atoms with Crippen molar-refractivity contribution in [1.82, 2.24) is 10.2 Å². The van der Waals surface area contributed by atoms with Crippen LogP contribution in [0.5, 0.6) is 5.75 Å². The Labute approximate surface area is 154 Å². The summed E-state index contributed by atoms with van der Waals surface area (Å²) in [4.78, 5) is 14.2. The predicted octanol–water partition coefficient (Wildman–Crippen LogP) is 3.45. The zero-order valence-electron chi connectivity index (χ0n) is 15.3. The normalized spacial score (nSPS) is 10.6. The van der Waals surface area contributed by atoms with Crippen LogP contribution in [-0.2, 0) is 17.9 Å². The Hall–Kier alpha value is -2.66. The number of nitrogens with zero attached hydrogens (tertiary/aromatic N) is 1. The fourth-order valence-electron chi connectivity index (χ4n) is 2.56. The van der Waals surface area contributed by atoms with Crippen LogP contribution < -0.4 is 10.1 Å². The monoisotopic (exact) mass is 356 g/mol. The van der Waals surface area contributed by atoms with E-state index in [1.54, 1.807) is 26.2 Å². The van der Waals surface area contributed by atoms with Gasteiger partial charge in [-0.1, -0.05) is 30.3 Å². The SMILES string of the molecule is C=CCN(CC(=O)NCc1ccc(C)c(F)c1)Cc1ccc(OC)cc1. The van der Waals surface area contributed by atoms with Gasteiger partial charge in [-0.3, -0.25) is 9.69 Å². The second kappa shape index (κ2) is 9.73. The van der Waals surface area contributed by atoms with Gasteiger partial charge in [-0.05, 0) is 41.8 Å². The first-order chi connectivity index (χ1) is 12.5. The lowest BCUT2D eigenvalue weighted by Crippen LogP contribution is -2.36. The molecule has 0 radical (unpaired) electrons. The van der Waals surface area contributed by atoms with Crippen molar-refractivity contribution in [2.75, 3.05) is 20.2 Å². The lowest BCUT2D eigenvalue weighted by Gasteiger charge is -2.20. The minimum atomic E-state index is -0.260. The minimum Gasteiger partial charge on any atom is -0.497 e. The van der Waals surface area contributed by atoms with Gasteiger partial charge in [-0.15, -0.1) is 6.58 Å². The van der Waals surface area contributed by atoms with Crippen molar-refractivity contribution < 1.29 is 13.9 Å². The lowest BCUT2D eigenvalue weighted by molar-refractivity contribution is -0.122. The van der Waals surface area contributed by atoms with E-state index in [4.69, 9.17) is 4.74 Å². The number of methoxy groups -OCH3 is 1. The zero-order chi connectivity index (χ0) is 18.9. The Balaban J connectivity index is 1.89. The maximum Gasteiger partial charge on any atom is 0.234 e. The predicted molar refractivity (Wildman–Crippen MR) is 101 cm³/mol. The molecule has 2 rings (SSSR count). The lowest BCUT2D eigenvalue weighted by atomic mass is 10.1. The number of carbonyl (C=O) groups is 1. The van der Waals surface area contributed by atoms with Gasteiger partial charge in [0.05, 0.1) is 13.7 Å². The van der Waals surface area contributed by atoms with Crippen LogP contribution in [-0.4, -0.2) is 31.0 Å². The van der Waals surface area contributed by atoms with Gasteiger partial charge in [0.2, 0.25) is 5.91 Å². The second-order valence-electron chi connectivity index (χ2n) is 6.17. The summed E-state index contributed by atoms with van der Waals surface area (Å²) in [6.07, 6.45) is 1.77. The van der Waals surface area contributed by atoms with Crippen LogP contribution >= 0.6 is 0 Å². The van der Waals surface area contributed by atoms with Gasteiger partial charge in [0.1, 0.15) is 11.6 Å². The maximum atomic E-state index is 13.6. The highest BCUT2D eigenvalue weighted by Crippen LogP contribution is 2.13. The quantitative estimate of drug-likeness (QED) is 0.700. The van der Waals surface area contributed by atoms with Crippen LogP contribution in [0.2, 0.25) is 0 Å². The number of amides is 1. The third-order valence-corrected chi connectivity index (χ3v) is 4.05. The molecule has 26 heavy (non-hydrogen) atoms. The summed E-state index contributed by atoms with van der Waals surface area (Å²) in [6, 6.07) is 12.7. The van der Waals surface area contributed by atoms with Gasteiger partial charge in [0.25, 0.3) is 0 Å². The van der Waals surface area contributed by atoms with Crippen molar-refractivity contribution >= 4 is 5.91 Å². The number of benzene rings is 2. The Kier molecular flexibility index (Phi) is 7.36. The maximum absolute atomic E-state index is 13.6. The largest absolute Gasteiger partial charge is 0.497 e. The van der Waals surface area contributed by atoms with Crippen LogP contribution in [0.4, 0.5) is 4.39 Å². The Morgan fingerprint density at radius 3 is 2.54 bits per heavy atom. The van der Waals surface area contributed by atoms with E-state index in [0.29, 0.717) is 25.2 Å². The van der Waals surface area contributed by atoms with Crippen LogP contribution in [0, 0.1) is 12.7 Å². The number of rotatable bonds is 9. The van der Waals surface area contributed by atoms with Crippen molar-refractivity contribution in [2.24, 2.45) is 0 Å². The summed E-state index contributed by atoms with van der Waals surface area (Å²) in [6.45, 7) is 7.24. The molecule has 0 aliphatic carbocycles. The summed E-state index contributed by atoms with van der Waals surface area (Å²) >= 11 is 0. The average molecular weight is 356 g/mol. The molecule has 0 heterocycles. The van der Waals surface area contributed by atoms with Crippen molar-refractivity contribution in [3.05, 3.63) is 77.6 Å². The van der Waals surface area contributed by atoms with Crippen molar-refractivity contribution in [1.29, 1.82) is 0 Å². The van der Waals surface area contributed by atoms with Gasteiger partial charge in [0.15, 0.2) is 0 Å². The van der Waals surface area contributed by atoms with Gasteiger partial charge in [0, 0.05) is 19.6 Å². The summed E-state index contributed by atoms with van der Waals surface area (Å²) in [5.41, 5.74) is 2.42. The number of carbonyl (C=O) groups excluding carboxylic acids is 1. The first kappa shape index (κ1) is 19.7. The Morgan fingerprint density at radius 1 is 1.23 bits per heavy atom. The van der Waals surface area contributed by atoms with Crippen molar-refractivity contribution in [3.63, 3.8) is 0 Å². The molecular weight excluding hydrogens is 331 g/mol. The fraction of sp³-hybridized carbons (Fsp3) is 0.286. The smallest absolute Gasteiger partial charge is 0.234 e. The molecule has 1 amide bonds. The van der Waals surface area contributed by atoms with E-state index in [-0.39, 0.29) is 18.3 Å². The average Bonchev–Trinajstić information content (AvgIpc) is 2.63. The molecule has 0 aromatic heterocycles. The molecule has 0 fully saturated rings. The molecule has 2 aromatic carbocycles. The summed E-state index contributed by atoms with van der Waals surface area (Å²) in [5, 5.41) is 2.84. The van der Waals surface area contributed by atoms with Crippen molar-refractivity contribution in [2.45, 2.75) is 20.0 Å². The number of hydrogen-bond donors (Lipinski definition) is 1. The molecular formula is C21H25FN2O2. The number of aryl methyl sites for hydroxylation is 1. The first-order valence-electron chi connectivity index (χ1n) is 8.49. The summed E-state index contributed by atoms with van der Waals surface area (Å²) in [5.74, 6) is 0.429. The first-order valence-corrected chi connectivity index (χ1v) is 8.49. The van der Waals surface area contributed by atoms with E-state index in [9.17, 15) is 9.18 Å². The molecule has 0 aliphatic heterocycles. The molecule has 0 atom stereocenters. The van der Waals surface area contributed by atoms with E-state index >= 15 is 0 Å². The van der Waals surface area contributed by atoms with E-state index in [0.717, 1.165) is 16.9 Å². The summed E-state index contributed by atoms with van der Waals surface area (Å²) in [7, 11) is 1.63. The molecule has 0 aliphatic rings. The highest BCUT2D eigenvalue weighted by Gasteiger charge is 2.11. The number of ether oxygens (including phenoxy) is 1. The van der Waals surface area contributed by atoms with E-state index in [2.05, 4.69) is 11.9 Å². The van der Waals surface area contributed by atoms with Crippen LogP contribution in [0.1, 0.15) is 16.7 Å². The van der Waals surface area contributed by atoms with Crippen LogP contribution in [0.15, 0.2) is 55.1 Å². The Morgan fingerprint density at radius 2 is 1.92 bits per heavy atom. The third-order valence-electron chi connectivity index (χ3n) is 4.05. The molecule has 0 unspecified atom stereocenters. The van der Waals surface area contributed by atoms with E-state index < -0.39 is 0 Å². The molecule has 0 bridgehead atoms. The van der Waals surface area contributed by atoms with E-state index in [1.807, 2.05) is 35.2 Å². The molecule has 1 N–H and O–H groups in total. The number of nitrogens with one attached hydrogen (secondary N) is 1.